The van der Waals surface area contributed by atoms with Gasteiger partial charge in [0.15, 0.2) is 5.41 Å². The second kappa shape index (κ2) is 9.50. The number of nitrogens with two attached hydrogens (primary N) is 1. The number of hydrogen-bond donors (Lipinski definition) is 1. The maximum absolute atomic E-state index is 10.4. The van der Waals surface area contributed by atoms with Gasteiger partial charge in [0.05, 0.1) is 23.4 Å². The van der Waals surface area contributed by atoms with Gasteiger partial charge in [-0.25, -0.2) is 0 Å². The molecule has 0 fully saturated rings. The van der Waals surface area contributed by atoms with Crippen molar-refractivity contribution >= 4 is 11.6 Å². The molecule has 2 N–H and O–H groups in total. The zero-order valence-corrected chi connectivity index (χ0v) is 20.9. The zero-order valence-electron chi connectivity index (χ0n) is 20.2. The average Bonchev–Trinajstić information content (AvgIpc) is 2.85. The predicted molar refractivity (Wildman–Crippen MR) is 135 cm³/mol. The van der Waals surface area contributed by atoms with E-state index < -0.39 is 11.3 Å². The van der Waals surface area contributed by atoms with Gasteiger partial charge in [0.2, 0.25) is 0 Å². The summed E-state index contributed by atoms with van der Waals surface area (Å²) in [6.45, 7) is 6.43. The Kier molecular flexibility index (Phi) is 6.62. The number of nitriles is 3. The van der Waals surface area contributed by atoms with Crippen molar-refractivity contribution in [3.05, 3.63) is 86.1 Å². The van der Waals surface area contributed by atoms with E-state index in [-0.39, 0.29) is 11.6 Å². The van der Waals surface area contributed by atoms with Crippen molar-refractivity contribution in [2.24, 2.45) is 17.1 Å². The molecule has 5 nitrogen and oxygen atoms in total. The number of rotatable bonds is 4. The SMILES string of the molecule is Cc1cc(C)c([C@H]2[C@H]3CCCC=C3C(C#N)=C(N)C2(C#N)C#N)c(C)c1COc1ccc(Cl)cc1. The summed E-state index contributed by atoms with van der Waals surface area (Å²) in [4.78, 5) is 0. The van der Waals surface area contributed by atoms with Crippen LogP contribution in [0.2, 0.25) is 5.02 Å². The summed E-state index contributed by atoms with van der Waals surface area (Å²) in [7, 11) is 0. The number of aryl methyl sites for hydroxylation is 2. The van der Waals surface area contributed by atoms with E-state index in [9.17, 15) is 15.8 Å². The van der Waals surface area contributed by atoms with Gasteiger partial charge < -0.3 is 10.5 Å². The first kappa shape index (κ1) is 24.4. The molecule has 0 unspecified atom stereocenters. The first-order valence-corrected chi connectivity index (χ1v) is 12.1. The molecule has 0 saturated heterocycles. The van der Waals surface area contributed by atoms with Gasteiger partial charge in [0, 0.05) is 10.9 Å². The zero-order chi connectivity index (χ0) is 25.3. The van der Waals surface area contributed by atoms with E-state index in [2.05, 4.69) is 30.4 Å². The van der Waals surface area contributed by atoms with Gasteiger partial charge in [0.25, 0.3) is 0 Å². The van der Waals surface area contributed by atoms with Crippen LogP contribution in [0, 0.1) is 66.1 Å². The summed E-state index contributed by atoms with van der Waals surface area (Å²) >= 11 is 6.00. The third-order valence-electron chi connectivity index (χ3n) is 7.50. The van der Waals surface area contributed by atoms with Crippen LogP contribution >= 0.6 is 11.6 Å². The van der Waals surface area contributed by atoms with Gasteiger partial charge >= 0.3 is 0 Å². The Balaban J connectivity index is 1.89. The standard InChI is InChI=1S/C29H27ClN4O/c1-17-12-18(2)26(19(3)25(17)14-35-21-10-8-20(30)9-11-21)27-23-7-5-4-6-22(23)24(13-31)28(34)29(27,15-32)16-33/h6,8-12,23,27H,4-5,7,14,34H2,1-3H3/t23-,27+/m0/s1. The highest BCUT2D eigenvalue weighted by atomic mass is 35.5. The van der Waals surface area contributed by atoms with Crippen LogP contribution in [0.25, 0.3) is 0 Å². The fraction of sp³-hybridized carbons (Fsp3) is 0.345. The van der Waals surface area contributed by atoms with E-state index in [0.717, 1.165) is 52.7 Å². The third kappa shape index (κ3) is 3.95. The summed E-state index contributed by atoms with van der Waals surface area (Å²) in [6.07, 6.45) is 4.65. The first-order chi connectivity index (χ1) is 16.8. The Labute approximate surface area is 211 Å². The number of hydrogen-bond acceptors (Lipinski definition) is 5. The molecule has 0 amide bonds. The number of halogens is 1. The van der Waals surface area contributed by atoms with Crippen LogP contribution in [0.1, 0.15) is 53.0 Å². The van der Waals surface area contributed by atoms with Crippen molar-refractivity contribution in [1.29, 1.82) is 15.8 Å². The van der Waals surface area contributed by atoms with Gasteiger partial charge in [-0.1, -0.05) is 23.7 Å². The largest absolute Gasteiger partial charge is 0.489 e. The van der Waals surface area contributed by atoms with E-state index >= 15 is 0 Å². The molecule has 4 rings (SSSR count). The molecule has 2 aromatic carbocycles. The number of benzene rings is 2. The highest BCUT2D eigenvalue weighted by molar-refractivity contribution is 6.30. The smallest absolute Gasteiger partial charge is 0.191 e. The van der Waals surface area contributed by atoms with Gasteiger partial charge in [-0.3, -0.25) is 0 Å². The van der Waals surface area contributed by atoms with Gasteiger partial charge in [-0.05, 0) is 104 Å². The topological polar surface area (TPSA) is 107 Å². The predicted octanol–water partition coefficient (Wildman–Crippen LogP) is 6.44. The molecule has 0 spiro atoms. The first-order valence-electron chi connectivity index (χ1n) is 11.7. The van der Waals surface area contributed by atoms with Crippen LogP contribution in [0.15, 0.2) is 53.3 Å². The number of allylic oxidation sites excluding steroid dienone is 4. The molecule has 0 aromatic heterocycles. The second-order valence-corrected chi connectivity index (χ2v) is 9.81. The normalized spacial score (nSPS) is 20.7. The van der Waals surface area contributed by atoms with Crippen molar-refractivity contribution in [2.45, 2.75) is 52.6 Å². The molecule has 2 aromatic rings. The molecular formula is C29H27ClN4O. The Morgan fingerprint density at radius 2 is 1.77 bits per heavy atom. The second-order valence-electron chi connectivity index (χ2n) is 9.38. The Hall–Kier alpha value is -3.72. The van der Waals surface area contributed by atoms with E-state index in [1.54, 1.807) is 12.1 Å². The summed E-state index contributed by atoms with van der Waals surface area (Å²) in [5.74, 6) is 0.103. The van der Waals surface area contributed by atoms with Crippen molar-refractivity contribution in [3.63, 3.8) is 0 Å². The van der Waals surface area contributed by atoms with Gasteiger partial charge in [-0.2, -0.15) is 15.8 Å². The van der Waals surface area contributed by atoms with E-state index in [4.69, 9.17) is 22.1 Å². The molecule has 2 aliphatic rings. The van der Waals surface area contributed by atoms with Crippen molar-refractivity contribution in [1.82, 2.24) is 0 Å². The lowest BCUT2D eigenvalue weighted by atomic mass is 9.55. The van der Waals surface area contributed by atoms with E-state index in [1.165, 1.54) is 0 Å². The molecule has 0 heterocycles. The Morgan fingerprint density at radius 1 is 1.09 bits per heavy atom. The summed E-state index contributed by atoms with van der Waals surface area (Å²) < 4.78 is 6.08. The molecule has 2 aliphatic carbocycles. The number of ether oxygens (including phenoxy) is 1. The van der Waals surface area contributed by atoms with Crippen LogP contribution in [0.3, 0.4) is 0 Å². The highest BCUT2D eigenvalue weighted by Gasteiger charge is 2.54. The molecule has 0 bridgehead atoms. The highest BCUT2D eigenvalue weighted by Crippen LogP contribution is 2.57. The van der Waals surface area contributed by atoms with Crippen molar-refractivity contribution < 1.29 is 4.74 Å². The minimum Gasteiger partial charge on any atom is -0.489 e. The monoisotopic (exact) mass is 482 g/mol. The lowest BCUT2D eigenvalue weighted by molar-refractivity contribution is 0.300. The quantitative estimate of drug-likeness (QED) is 0.539. The molecule has 35 heavy (non-hydrogen) atoms. The minimum atomic E-state index is -1.62. The maximum Gasteiger partial charge on any atom is 0.191 e. The van der Waals surface area contributed by atoms with Crippen molar-refractivity contribution in [2.75, 3.05) is 0 Å². The molecule has 0 aliphatic heterocycles. The maximum atomic E-state index is 10.4. The van der Waals surface area contributed by atoms with Gasteiger partial charge in [0.1, 0.15) is 18.4 Å². The summed E-state index contributed by atoms with van der Waals surface area (Å²) in [5, 5.41) is 31.3. The van der Waals surface area contributed by atoms with Gasteiger partial charge in [-0.15, -0.1) is 0 Å². The minimum absolute atomic E-state index is 0.0674. The molecular weight excluding hydrogens is 456 g/mol. The van der Waals surface area contributed by atoms with Crippen LogP contribution in [-0.2, 0) is 6.61 Å². The van der Waals surface area contributed by atoms with Crippen molar-refractivity contribution in [3.8, 4) is 24.0 Å². The summed E-state index contributed by atoms with van der Waals surface area (Å²) in [6, 6.07) is 16.0. The third-order valence-corrected chi connectivity index (χ3v) is 7.75. The fourth-order valence-corrected chi connectivity index (χ4v) is 5.94. The number of fused-ring (bicyclic) bond motifs is 1. The summed E-state index contributed by atoms with van der Waals surface area (Å²) in [5.41, 5.74) is 11.1. The Morgan fingerprint density at radius 3 is 2.40 bits per heavy atom. The molecule has 176 valence electrons. The van der Waals surface area contributed by atoms with Crippen LogP contribution in [-0.4, -0.2) is 0 Å². The molecule has 2 atom stereocenters. The van der Waals surface area contributed by atoms with E-state index in [0.29, 0.717) is 23.0 Å². The fourth-order valence-electron chi connectivity index (χ4n) is 5.82. The lowest BCUT2D eigenvalue weighted by Gasteiger charge is -2.44. The van der Waals surface area contributed by atoms with E-state index in [1.807, 2.05) is 32.9 Å². The molecule has 6 heteroatoms. The number of nitrogens with zero attached hydrogens (tertiary/aromatic N) is 3. The van der Waals surface area contributed by atoms with Crippen LogP contribution in [0.4, 0.5) is 0 Å². The molecule has 0 radical (unpaired) electrons. The molecule has 0 saturated carbocycles. The van der Waals surface area contributed by atoms with Crippen LogP contribution < -0.4 is 10.5 Å². The average molecular weight is 483 g/mol. The lowest BCUT2D eigenvalue weighted by Crippen LogP contribution is -2.43. The Bertz CT molecular complexity index is 1350. The van der Waals surface area contributed by atoms with Crippen LogP contribution in [0.5, 0.6) is 5.75 Å².